The van der Waals surface area contributed by atoms with Crippen LogP contribution in [0, 0.1) is 12.3 Å². The zero-order valence-corrected chi connectivity index (χ0v) is 10.4. The molecule has 0 aliphatic carbocycles. The molecule has 84 valence electrons. The fourth-order valence-electron chi connectivity index (χ4n) is 2.19. The molecule has 0 amide bonds. The molecule has 2 rings (SSSR count). The molecule has 1 heterocycles. The van der Waals surface area contributed by atoms with E-state index in [1.807, 2.05) is 18.8 Å². The summed E-state index contributed by atoms with van der Waals surface area (Å²) in [6, 6.07) is 9.21. The van der Waals surface area contributed by atoms with Gasteiger partial charge < -0.3 is 5.32 Å². The first-order valence-corrected chi connectivity index (χ1v) is 6.58. The molecule has 2 heteroatoms. The number of hydrogen-bond acceptors (Lipinski definition) is 2. The molecule has 1 nitrogen and oxygen atoms in total. The van der Waals surface area contributed by atoms with Gasteiger partial charge in [0.2, 0.25) is 0 Å². The molecule has 0 aromatic heterocycles. The summed E-state index contributed by atoms with van der Waals surface area (Å²) in [7, 11) is 2.03. The minimum Gasteiger partial charge on any atom is -0.316 e. The van der Waals surface area contributed by atoms with Gasteiger partial charge in [0, 0.05) is 22.6 Å². The molecule has 0 saturated carbocycles. The quantitative estimate of drug-likeness (QED) is 0.800. The average molecular weight is 231 g/mol. The van der Waals surface area contributed by atoms with E-state index >= 15 is 0 Å². The van der Waals surface area contributed by atoms with E-state index in [4.69, 9.17) is 6.42 Å². The minimum atomic E-state index is 0.522. The van der Waals surface area contributed by atoms with Crippen molar-refractivity contribution in [3.63, 3.8) is 0 Å². The molecule has 1 N–H and O–H groups in total. The van der Waals surface area contributed by atoms with E-state index < -0.39 is 0 Å². The number of thioether (sulfide) groups is 1. The number of nitrogens with one attached hydrogen (secondary N) is 1. The highest BCUT2D eigenvalue weighted by atomic mass is 32.2. The van der Waals surface area contributed by atoms with Gasteiger partial charge in [-0.15, -0.1) is 24.1 Å². The standard InChI is InChI=1S/C14H17NS/c1-3-4-8-12(15-2)14-10-11-7-5-6-9-13(11)16-14/h1,5-7,9,12,14-15H,4,8,10H2,2H3. The molecule has 0 bridgehead atoms. The molecule has 1 aromatic carbocycles. The second-order valence-electron chi connectivity index (χ2n) is 4.11. The first kappa shape index (κ1) is 11.6. The monoisotopic (exact) mass is 231 g/mol. The van der Waals surface area contributed by atoms with E-state index in [0.29, 0.717) is 11.3 Å². The second-order valence-corrected chi connectivity index (χ2v) is 5.39. The Bertz CT molecular complexity index is 369. The molecule has 1 aromatic rings. The summed E-state index contributed by atoms with van der Waals surface area (Å²) >= 11 is 1.99. The van der Waals surface area contributed by atoms with Crippen LogP contribution in [0.5, 0.6) is 0 Å². The number of hydrogen-bond donors (Lipinski definition) is 1. The van der Waals surface area contributed by atoms with Gasteiger partial charge in [0.05, 0.1) is 0 Å². The fraction of sp³-hybridized carbons (Fsp3) is 0.429. The summed E-state index contributed by atoms with van der Waals surface area (Å²) in [6.07, 6.45) is 8.42. The van der Waals surface area contributed by atoms with Gasteiger partial charge >= 0.3 is 0 Å². The zero-order valence-electron chi connectivity index (χ0n) is 9.57. The lowest BCUT2D eigenvalue weighted by Crippen LogP contribution is -2.35. The van der Waals surface area contributed by atoms with Crippen LogP contribution in [0.3, 0.4) is 0 Å². The maximum Gasteiger partial charge on any atom is 0.0289 e. The van der Waals surface area contributed by atoms with Crippen LogP contribution in [-0.2, 0) is 6.42 Å². The SMILES string of the molecule is C#CCCC(NC)C1Cc2ccccc2S1. The van der Waals surface area contributed by atoms with Gasteiger partial charge in [-0.05, 0) is 31.5 Å². The van der Waals surface area contributed by atoms with E-state index in [-0.39, 0.29) is 0 Å². The molecule has 2 unspecified atom stereocenters. The summed E-state index contributed by atoms with van der Waals surface area (Å²) in [5.41, 5.74) is 1.48. The summed E-state index contributed by atoms with van der Waals surface area (Å²) < 4.78 is 0. The summed E-state index contributed by atoms with van der Waals surface area (Å²) in [5.74, 6) is 2.73. The Morgan fingerprint density at radius 1 is 1.56 bits per heavy atom. The van der Waals surface area contributed by atoms with Crippen molar-refractivity contribution in [3.05, 3.63) is 29.8 Å². The Morgan fingerprint density at radius 3 is 3.06 bits per heavy atom. The Balaban J connectivity index is 2.01. The van der Waals surface area contributed by atoms with Crippen LogP contribution >= 0.6 is 11.8 Å². The molecule has 0 spiro atoms. The van der Waals surface area contributed by atoms with Crippen molar-refractivity contribution < 1.29 is 0 Å². The lowest BCUT2D eigenvalue weighted by molar-refractivity contribution is 0.511. The van der Waals surface area contributed by atoms with Crippen LogP contribution in [-0.4, -0.2) is 18.3 Å². The van der Waals surface area contributed by atoms with Gasteiger partial charge in [-0.1, -0.05) is 18.2 Å². The van der Waals surface area contributed by atoms with E-state index in [1.165, 1.54) is 10.5 Å². The van der Waals surface area contributed by atoms with Crippen molar-refractivity contribution >= 4 is 11.8 Å². The third-order valence-electron chi connectivity index (χ3n) is 3.09. The van der Waals surface area contributed by atoms with Crippen molar-refractivity contribution in [2.45, 2.75) is 35.4 Å². The van der Waals surface area contributed by atoms with Gasteiger partial charge in [-0.2, -0.15) is 0 Å². The highest BCUT2D eigenvalue weighted by Gasteiger charge is 2.27. The third-order valence-corrected chi connectivity index (χ3v) is 4.54. The molecule has 2 atom stereocenters. The van der Waals surface area contributed by atoms with E-state index in [9.17, 15) is 0 Å². The van der Waals surface area contributed by atoms with Crippen molar-refractivity contribution in [2.24, 2.45) is 0 Å². The topological polar surface area (TPSA) is 12.0 Å². The summed E-state index contributed by atoms with van der Waals surface area (Å²) in [5, 5.41) is 4.03. The number of terminal acetylenes is 1. The maximum absolute atomic E-state index is 5.33. The van der Waals surface area contributed by atoms with Crippen LogP contribution in [0.25, 0.3) is 0 Å². The third kappa shape index (κ3) is 2.42. The van der Waals surface area contributed by atoms with Crippen LogP contribution < -0.4 is 5.32 Å². The van der Waals surface area contributed by atoms with Gasteiger partial charge in [0.25, 0.3) is 0 Å². The van der Waals surface area contributed by atoms with Crippen molar-refractivity contribution in [2.75, 3.05) is 7.05 Å². The molecule has 1 aliphatic rings. The predicted octanol–water partition coefficient (Wildman–Crippen LogP) is 2.70. The number of benzene rings is 1. The molecule has 0 saturated heterocycles. The smallest absolute Gasteiger partial charge is 0.0289 e. The summed E-state index contributed by atoms with van der Waals surface area (Å²) in [6.45, 7) is 0. The van der Waals surface area contributed by atoms with Crippen molar-refractivity contribution in [1.82, 2.24) is 5.32 Å². The molecule has 0 radical (unpaired) electrons. The van der Waals surface area contributed by atoms with E-state index in [0.717, 1.165) is 19.3 Å². The minimum absolute atomic E-state index is 0.522. The van der Waals surface area contributed by atoms with Gasteiger partial charge in [-0.3, -0.25) is 0 Å². The Kier molecular flexibility index (Phi) is 3.93. The normalized spacial score (nSPS) is 20.1. The number of fused-ring (bicyclic) bond motifs is 1. The largest absolute Gasteiger partial charge is 0.316 e. The first-order valence-electron chi connectivity index (χ1n) is 5.70. The predicted molar refractivity (Wildman–Crippen MR) is 70.7 cm³/mol. The van der Waals surface area contributed by atoms with Gasteiger partial charge in [0.15, 0.2) is 0 Å². The molecule has 16 heavy (non-hydrogen) atoms. The van der Waals surface area contributed by atoms with Gasteiger partial charge in [0.1, 0.15) is 0 Å². The Hall–Kier alpha value is -0.910. The lowest BCUT2D eigenvalue weighted by Gasteiger charge is -2.21. The first-order chi connectivity index (χ1) is 7.85. The fourth-order valence-corrected chi connectivity index (χ4v) is 3.67. The van der Waals surface area contributed by atoms with Crippen LogP contribution in [0.15, 0.2) is 29.2 Å². The molecular weight excluding hydrogens is 214 g/mol. The van der Waals surface area contributed by atoms with Crippen molar-refractivity contribution in [3.8, 4) is 12.3 Å². The number of rotatable bonds is 4. The van der Waals surface area contributed by atoms with Crippen molar-refractivity contribution in [1.29, 1.82) is 0 Å². The van der Waals surface area contributed by atoms with Crippen LogP contribution in [0.4, 0.5) is 0 Å². The van der Waals surface area contributed by atoms with Crippen LogP contribution in [0.1, 0.15) is 18.4 Å². The lowest BCUT2D eigenvalue weighted by atomic mass is 10.0. The zero-order chi connectivity index (χ0) is 11.4. The molecular formula is C14H17NS. The average Bonchev–Trinajstić information content (AvgIpc) is 2.73. The second kappa shape index (κ2) is 5.43. The maximum atomic E-state index is 5.33. The molecule has 1 aliphatic heterocycles. The highest BCUT2D eigenvalue weighted by molar-refractivity contribution is 8.00. The highest BCUT2D eigenvalue weighted by Crippen LogP contribution is 2.38. The van der Waals surface area contributed by atoms with E-state index in [1.54, 1.807) is 0 Å². The van der Waals surface area contributed by atoms with E-state index in [2.05, 4.69) is 35.5 Å². The van der Waals surface area contributed by atoms with Crippen LogP contribution in [0.2, 0.25) is 0 Å². The van der Waals surface area contributed by atoms with Gasteiger partial charge in [-0.25, -0.2) is 0 Å². The summed E-state index contributed by atoms with van der Waals surface area (Å²) in [4.78, 5) is 1.44. The molecule has 0 fully saturated rings. The Morgan fingerprint density at radius 2 is 2.38 bits per heavy atom. The Labute approximate surface area is 102 Å².